The van der Waals surface area contributed by atoms with Gasteiger partial charge in [0.25, 0.3) is 5.56 Å². The lowest BCUT2D eigenvalue weighted by Crippen LogP contribution is -2.39. The Kier molecular flexibility index (Phi) is 3.40. The van der Waals surface area contributed by atoms with Crippen LogP contribution < -0.4 is 11.2 Å². The van der Waals surface area contributed by atoms with Crippen LogP contribution in [-0.4, -0.2) is 49.5 Å². The first-order chi connectivity index (χ1) is 8.88. The van der Waals surface area contributed by atoms with Crippen molar-refractivity contribution in [1.29, 1.82) is 0 Å². The summed E-state index contributed by atoms with van der Waals surface area (Å²) in [4.78, 5) is 36.9. The van der Waals surface area contributed by atoms with E-state index in [4.69, 9.17) is 5.11 Å². The van der Waals surface area contributed by atoms with Gasteiger partial charge in [-0.15, -0.1) is 0 Å². The van der Waals surface area contributed by atoms with Gasteiger partial charge in [0.05, 0.1) is 18.6 Å². The Morgan fingerprint density at radius 2 is 1.89 bits per heavy atom. The standard InChI is InChI=1S/C11H14N2O6/c1-4-2-13(11(19)12-10(4)18)6-7(15)5(3-14)8(16)9(6)17/h2,5-6,8-9,14,16-17H,3H2,1H3,(H,12,18,19). The number of carbonyl (C=O) groups is 1. The predicted molar refractivity (Wildman–Crippen MR) is 62.7 cm³/mol. The third-order valence-electron chi connectivity index (χ3n) is 3.38. The van der Waals surface area contributed by atoms with Gasteiger partial charge in [-0.3, -0.25) is 19.1 Å². The molecule has 1 aliphatic carbocycles. The zero-order valence-electron chi connectivity index (χ0n) is 10.1. The molecule has 1 fully saturated rings. The van der Waals surface area contributed by atoms with Crippen LogP contribution >= 0.6 is 0 Å². The number of ketones is 1. The molecule has 104 valence electrons. The Morgan fingerprint density at radius 1 is 1.26 bits per heavy atom. The summed E-state index contributed by atoms with van der Waals surface area (Å²) in [5, 5.41) is 28.5. The summed E-state index contributed by atoms with van der Waals surface area (Å²) < 4.78 is 0.878. The van der Waals surface area contributed by atoms with Crippen molar-refractivity contribution in [2.24, 2.45) is 5.92 Å². The Hall–Kier alpha value is -1.77. The third-order valence-corrected chi connectivity index (χ3v) is 3.38. The largest absolute Gasteiger partial charge is 0.396 e. The number of hydrogen-bond acceptors (Lipinski definition) is 6. The van der Waals surface area contributed by atoms with Gasteiger partial charge >= 0.3 is 5.69 Å². The van der Waals surface area contributed by atoms with Crippen LogP contribution in [0.5, 0.6) is 0 Å². The summed E-state index contributed by atoms with van der Waals surface area (Å²) in [6.45, 7) is 0.825. The van der Waals surface area contributed by atoms with E-state index in [9.17, 15) is 24.6 Å². The molecule has 1 aliphatic rings. The number of rotatable bonds is 2. The van der Waals surface area contributed by atoms with Gasteiger partial charge in [-0.05, 0) is 6.92 Å². The van der Waals surface area contributed by atoms with E-state index in [1.54, 1.807) is 0 Å². The van der Waals surface area contributed by atoms with Crippen molar-refractivity contribution in [3.05, 3.63) is 32.6 Å². The number of aliphatic hydroxyl groups excluding tert-OH is 3. The average molecular weight is 270 g/mol. The Labute approximate surface area is 106 Å². The average Bonchev–Trinajstić information content (AvgIpc) is 2.56. The van der Waals surface area contributed by atoms with E-state index < -0.39 is 47.8 Å². The van der Waals surface area contributed by atoms with Gasteiger partial charge in [-0.2, -0.15) is 0 Å². The molecule has 2 rings (SSSR count). The monoisotopic (exact) mass is 270 g/mol. The van der Waals surface area contributed by atoms with E-state index in [1.807, 2.05) is 4.98 Å². The van der Waals surface area contributed by atoms with E-state index in [-0.39, 0.29) is 5.56 Å². The van der Waals surface area contributed by atoms with Crippen LogP contribution in [0.4, 0.5) is 0 Å². The first kappa shape index (κ1) is 13.7. The maximum absolute atomic E-state index is 12.0. The van der Waals surface area contributed by atoms with Crippen molar-refractivity contribution in [1.82, 2.24) is 9.55 Å². The van der Waals surface area contributed by atoms with Gasteiger partial charge in [0.2, 0.25) is 0 Å². The fourth-order valence-electron chi connectivity index (χ4n) is 2.27. The number of aliphatic hydroxyl groups is 3. The highest BCUT2D eigenvalue weighted by molar-refractivity contribution is 5.89. The number of aromatic nitrogens is 2. The summed E-state index contributed by atoms with van der Waals surface area (Å²) in [6.07, 6.45) is -1.80. The Morgan fingerprint density at radius 3 is 2.42 bits per heavy atom. The summed E-state index contributed by atoms with van der Waals surface area (Å²) >= 11 is 0. The highest BCUT2D eigenvalue weighted by Crippen LogP contribution is 2.30. The molecule has 0 amide bonds. The van der Waals surface area contributed by atoms with Crippen LogP contribution in [0.25, 0.3) is 0 Å². The van der Waals surface area contributed by atoms with Crippen molar-refractivity contribution >= 4 is 5.78 Å². The lowest BCUT2D eigenvalue weighted by atomic mass is 10.1. The molecular formula is C11H14N2O6. The molecule has 8 nitrogen and oxygen atoms in total. The fraction of sp³-hybridized carbons (Fsp3) is 0.545. The molecule has 0 radical (unpaired) electrons. The maximum Gasteiger partial charge on any atom is 0.329 e. The second-order valence-corrected chi connectivity index (χ2v) is 4.60. The number of hydrogen-bond donors (Lipinski definition) is 4. The number of nitrogens with zero attached hydrogens (tertiary/aromatic N) is 1. The van der Waals surface area contributed by atoms with Crippen molar-refractivity contribution in [3.8, 4) is 0 Å². The van der Waals surface area contributed by atoms with Gasteiger partial charge in [0.15, 0.2) is 5.78 Å². The van der Waals surface area contributed by atoms with Gasteiger partial charge in [0, 0.05) is 11.8 Å². The molecule has 1 heterocycles. The van der Waals surface area contributed by atoms with E-state index >= 15 is 0 Å². The summed E-state index contributed by atoms with van der Waals surface area (Å²) in [5.41, 5.74) is -1.24. The van der Waals surface area contributed by atoms with E-state index in [1.165, 1.54) is 6.92 Å². The van der Waals surface area contributed by atoms with Crippen molar-refractivity contribution < 1.29 is 20.1 Å². The fourth-order valence-corrected chi connectivity index (χ4v) is 2.27. The zero-order chi connectivity index (χ0) is 14.3. The second kappa shape index (κ2) is 4.72. The lowest BCUT2D eigenvalue weighted by Gasteiger charge is -2.17. The van der Waals surface area contributed by atoms with Crippen LogP contribution in [0.3, 0.4) is 0 Å². The second-order valence-electron chi connectivity index (χ2n) is 4.60. The molecule has 1 aromatic rings. The highest BCUT2D eigenvalue weighted by atomic mass is 16.3. The van der Waals surface area contributed by atoms with Crippen LogP contribution in [0, 0.1) is 12.8 Å². The molecule has 0 aliphatic heterocycles. The van der Waals surface area contributed by atoms with Gasteiger partial charge in [-0.1, -0.05) is 0 Å². The Bertz CT molecular complexity index is 618. The van der Waals surface area contributed by atoms with Crippen LogP contribution in [0.2, 0.25) is 0 Å². The van der Waals surface area contributed by atoms with Gasteiger partial charge < -0.3 is 15.3 Å². The smallest absolute Gasteiger partial charge is 0.329 e. The molecule has 0 bridgehead atoms. The highest BCUT2D eigenvalue weighted by Gasteiger charge is 2.49. The number of Topliss-reactive ketones (excluding diaryl/α,β-unsaturated/α-hetero) is 1. The summed E-state index contributed by atoms with van der Waals surface area (Å²) in [5.74, 6) is -1.78. The quantitative estimate of drug-likeness (QED) is 0.462. The minimum atomic E-state index is -1.51. The summed E-state index contributed by atoms with van der Waals surface area (Å²) in [6, 6.07) is -1.31. The number of aryl methyl sites for hydroxylation is 1. The Balaban J connectivity index is 2.54. The molecule has 0 aromatic carbocycles. The third kappa shape index (κ3) is 2.03. The molecule has 1 saturated carbocycles. The van der Waals surface area contributed by atoms with Crippen LogP contribution in [-0.2, 0) is 4.79 Å². The lowest BCUT2D eigenvalue weighted by molar-refractivity contribution is -0.125. The normalized spacial score (nSPS) is 30.8. The minimum absolute atomic E-state index is 0.196. The van der Waals surface area contributed by atoms with Crippen LogP contribution in [0.1, 0.15) is 11.6 Å². The first-order valence-corrected chi connectivity index (χ1v) is 5.71. The number of carbonyl (C=O) groups excluding carboxylic acids is 1. The molecule has 4 atom stereocenters. The maximum atomic E-state index is 12.0. The number of aromatic amines is 1. The van der Waals surface area contributed by atoms with Gasteiger partial charge in [0.1, 0.15) is 12.1 Å². The molecule has 1 aromatic heterocycles. The van der Waals surface area contributed by atoms with Crippen molar-refractivity contribution in [2.45, 2.75) is 25.2 Å². The van der Waals surface area contributed by atoms with Crippen LogP contribution in [0.15, 0.2) is 15.8 Å². The molecule has 4 N–H and O–H groups in total. The first-order valence-electron chi connectivity index (χ1n) is 5.71. The van der Waals surface area contributed by atoms with Gasteiger partial charge in [-0.25, -0.2) is 4.79 Å². The van der Waals surface area contributed by atoms with E-state index in [0.717, 1.165) is 10.8 Å². The van der Waals surface area contributed by atoms with E-state index in [2.05, 4.69) is 0 Å². The van der Waals surface area contributed by atoms with Crippen molar-refractivity contribution in [3.63, 3.8) is 0 Å². The molecular weight excluding hydrogens is 256 g/mol. The van der Waals surface area contributed by atoms with Crippen molar-refractivity contribution in [2.75, 3.05) is 6.61 Å². The predicted octanol–water partition coefficient (Wildman–Crippen LogP) is -2.70. The zero-order valence-corrected chi connectivity index (χ0v) is 10.1. The number of nitrogens with one attached hydrogen (secondary N) is 1. The number of H-pyrrole nitrogens is 1. The SMILES string of the molecule is Cc1cn(C2C(=O)C(CO)C(O)C2O)c(=O)[nH]c1=O. The molecule has 4 unspecified atom stereocenters. The molecule has 0 saturated heterocycles. The van der Waals surface area contributed by atoms with E-state index in [0.29, 0.717) is 0 Å². The summed E-state index contributed by atoms with van der Waals surface area (Å²) in [7, 11) is 0. The molecule has 8 heteroatoms. The molecule has 19 heavy (non-hydrogen) atoms. The topological polar surface area (TPSA) is 133 Å². The minimum Gasteiger partial charge on any atom is -0.396 e. The molecule has 0 spiro atoms.